The van der Waals surface area contributed by atoms with Crippen LogP contribution in [-0.4, -0.2) is 58.3 Å². The van der Waals surface area contributed by atoms with Gasteiger partial charge in [-0.05, 0) is 45.8 Å². The second kappa shape index (κ2) is 10.2. The van der Waals surface area contributed by atoms with Crippen molar-refractivity contribution in [1.82, 2.24) is 4.90 Å². The van der Waals surface area contributed by atoms with Crippen LogP contribution in [0.2, 0.25) is 0 Å². The molecule has 31 heavy (non-hydrogen) atoms. The van der Waals surface area contributed by atoms with Gasteiger partial charge >= 0.3 is 0 Å². The molecule has 10 heteroatoms. The number of nitrogens with two attached hydrogens (primary N) is 1. The maximum Gasteiger partial charge on any atom is 0.256 e. The minimum atomic E-state index is -0.678. The number of carbonyl (C=O) groups excluding carboxylic acids is 2. The van der Waals surface area contributed by atoms with Crippen LogP contribution in [-0.2, 0) is 6.54 Å². The summed E-state index contributed by atoms with van der Waals surface area (Å²) in [6, 6.07) is 10.0. The minimum Gasteiger partial charge on any atom is -0.507 e. The average molecular weight is 508 g/mol. The second-order valence-corrected chi connectivity index (χ2v) is 8.75. The molecule has 8 nitrogen and oxygen atoms in total. The van der Waals surface area contributed by atoms with Crippen molar-refractivity contribution >= 4 is 54.2 Å². The number of aliphatic hydroxyl groups is 2. The third-order valence-corrected chi connectivity index (χ3v) is 6.39. The van der Waals surface area contributed by atoms with E-state index in [1.165, 1.54) is 6.07 Å². The molecule has 0 aliphatic heterocycles. The molecule has 164 valence electrons. The van der Waals surface area contributed by atoms with Gasteiger partial charge in [-0.1, -0.05) is 12.1 Å². The summed E-state index contributed by atoms with van der Waals surface area (Å²) in [5, 5.41) is 31.7. The summed E-state index contributed by atoms with van der Waals surface area (Å²) in [5.41, 5.74) is 7.06. The molecule has 0 fully saturated rings. The number of hydrogen-bond donors (Lipinski definition) is 5. The molecule has 0 bridgehead atoms. The minimum absolute atomic E-state index is 0.00774. The van der Waals surface area contributed by atoms with E-state index < -0.39 is 11.8 Å². The molecule has 3 rings (SSSR count). The Morgan fingerprint density at radius 3 is 2.32 bits per heavy atom. The number of rotatable bonds is 9. The van der Waals surface area contributed by atoms with Crippen molar-refractivity contribution in [2.24, 2.45) is 5.73 Å². The van der Waals surface area contributed by atoms with Gasteiger partial charge in [0, 0.05) is 35.3 Å². The van der Waals surface area contributed by atoms with E-state index in [9.17, 15) is 14.7 Å². The first-order valence-electron chi connectivity index (χ1n) is 9.43. The van der Waals surface area contributed by atoms with Crippen molar-refractivity contribution < 1.29 is 24.9 Å². The van der Waals surface area contributed by atoms with Crippen LogP contribution in [0.15, 0.2) is 40.9 Å². The highest BCUT2D eigenvalue weighted by atomic mass is 79.9. The quantitative estimate of drug-likeness (QED) is 0.301. The molecule has 0 aliphatic carbocycles. The van der Waals surface area contributed by atoms with Crippen LogP contribution in [0, 0.1) is 0 Å². The Morgan fingerprint density at radius 2 is 1.74 bits per heavy atom. The van der Waals surface area contributed by atoms with Gasteiger partial charge < -0.3 is 26.4 Å². The normalized spacial score (nSPS) is 11.2. The molecule has 1 heterocycles. The number of anilines is 1. The average Bonchev–Trinajstić information content (AvgIpc) is 3.06. The third kappa shape index (κ3) is 5.41. The Hall–Kier alpha value is -2.50. The molecule has 0 saturated heterocycles. The molecule has 0 aliphatic rings. The van der Waals surface area contributed by atoms with Crippen molar-refractivity contribution in [2.45, 2.75) is 6.54 Å². The number of phenolic OH excluding ortho intramolecular Hbond substituents is 1. The summed E-state index contributed by atoms with van der Waals surface area (Å²) < 4.78 is 1.04. The molecule has 0 unspecified atom stereocenters. The Kier molecular flexibility index (Phi) is 7.63. The number of aliphatic hydroxyl groups excluding tert-OH is 2. The van der Waals surface area contributed by atoms with Gasteiger partial charge in [0.1, 0.15) is 10.8 Å². The zero-order chi connectivity index (χ0) is 22.5. The van der Waals surface area contributed by atoms with Crippen molar-refractivity contribution in [3.05, 3.63) is 57.6 Å². The zero-order valence-corrected chi connectivity index (χ0v) is 18.9. The lowest BCUT2D eigenvalue weighted by atomic mass is 10.1. The van der Waals surface area contributed by atoms with Crippen LogP contribution >= 0.6 is 27.3 Å². The fourth-order valence-corrected chi connectivity index (χ4v) is 4.65. The number of amides is 2. The van der Waals surface area contributed by atoms with Crippen LogP contribution in [0.5, 0.6) is 5.75 Å². The number of nitrogens with one attached hydrogen (secondary N) is 1. The second-order valence-electron chi connectivity index (χ2n) is 6.84. The molecule has 0 radical (unpaired) electrons. The molecule has 3 aromatic rings. The number of benzene rings is 2. The van der Waals surface area contributed by atoms with E-state index in [-0.39, 0.29) is 24.5 Å². The summed E-state index contributed by atoms with van der Waals surface area (Å²) in [7, 11) is 0. The van der Waals surface area contributed by atoms with E-state index in [1.807, 2.05) is 4.90 Å². The fraction of sp³-hybridized carbons (Fsp3) is 0.238. The van der Waals surface area contributed by atoms with Gasteiger partial charge in [-0.2, -0.15) is 0 Å². The first-order valence-corrected chi connectivity index (χ1v) is 11.0. The Balaban J connectivity index is 1.80. The van der Waals surface area contributed by atoms with Crippen LogP contribution in [0.25, 0.3) is 10.1 Å². The first-order chi connectivity index (χ1) is 14.8. The lowest BCUT2D eigenvalue weighted by Crippen LogP contribution is -2.29. The maximum absolute atomic E-state index is 12.7. The van der Waals surface area contributed by atoms with Gasteiger partial charge in [0.2, 0.25) is 0 Å². The molecule has 0 spiro atoms. The van der Waals surface area contributed by atoms with Gasteiger partial charge in [0.05, 0.1) is 23.2 Å². The number of aromatic hydroxyl groups is 1. The molecule has 6 N–H and O–H groups in total. The number of thiophene rings is 1. The number of nitrogens with zero attached hydrogens (tertiary/aromatic N) is 1. The van der Waals surface area contributed by atoms with Crippen LogP contribution < -0.4 is 11.1 Å². The summed E-state index contributed by atoms with van der Waals surface area (Å²) in [4.78, 5) is 26.7. The van der Waals surface area contributed by atoms with E-state index in [0.717, 1.165) is 16.9 Å². The molecule has 1 aromatic heterocycles. The monoisotopic (exact) mass is 507 g/mol. The smallest absolute Gasteiger partial charge is 0.256 e. The molecule has 2 aromatic carbocycles. The molecular weight excluding hydrogens is 486 g/mol. The highest BCUT2D eigenvalue weighted by Crippen LogP contribution is 2.40. The van der Waals surface area contributed by atoms with Crippen LogP contribution in [0.3, 0.4) is 0 Å². The van der Waals surface area contributed by atoms with E-state index in [2.05, 4.69) is 21.2 Å². The Bertz CT molecular complexity index is 1090. The third-order valence-electron chi connectivity index (χ3n) is 4.69. The highest BCUT2D eigenvalue weighted by Gasteiger charge is 2.20. The molecule has 0 atom stereocenters. The summed E-state index contributed by atoms with van der Waals surface area (Å²) in [5.74, 6) is -1.05. The Labute approximate surface area is 191 Å². The zero-order valence-electron chi connectivity index (χ0n) is 16.5. The molecule has 0 saturated carbocycles. The lowest BCUT2D eigenvalue weighted by molar-refractivity contribution is 0.100. The van der Waals surface area contributed by atoms with E-state index in [4.69, 9.17) is 15.9 Å². The highest BCUT2D eigenvalue weighted by molar-refractivity contribution is 9.10. The molecule has 2 amide bonds. The lowest BCUT2D eigenvalue weighted by Gasteiger charge is -2.20. The number of fused-ring (bicyclic) bond motifs is 1. The molecular formula is C21H22BrN3O5S. The van der Waals surface area contributed by atoms with Gasteiger partial charge in [-0.25, -0.2) is 0 Å². The predicted molar refractivity (Wildman–Crippen MR) is 124 cm³/mol. The van der Waals surface area contributed by atoms with E-state index >= 15 is 0 Å². The predicted octanol–water partition coefficient (Wildman–Crippen LogP) is 2.51. The van der Waals surface area contributed by atoms with Gasteiger partial charge in [0.25, 0.3) is 11.8 Å². The fourth-order valence-electron chi connectivity index (χ4n) is 3.19. The SMILES string of the molecule is NC(=O)c1c(NC(=O)c2ccc(CN(CCO)CCO)cc2)sc2cc(O)c(Br)cc12. The Morgan fingerprint density at radius 1 is 1.10 bits per heavy atom. The van der Waals surface area contributed by atoms with E-state index in [1.54, 1.807) is 30.3 Å². The van der Waals surface area contributed by atoms with Crippen molar-refractivity contribution in [3.63, 3.8) is 0 Å². The van der Waals surface area contributed by atoms with Gasteiger partial charge in [0.15, 0.2) is 0 Å². The van der Waals surface area contributed by atoms with Crippen molar-refractivity contribution in [3.8, 4) is 5.75 Å². The van der Waals surface area contributed by atoms with Crippen LogP contribution in [0.1, 0.15) is 26.3 Å². The van der Waals surface area contributed by atoms with Crippen LogP contribution in [0.4, 0.5) is 5.00 Å². The number of primary amides is 1. The summed E-state index contributed by atoms with van der Waals surface area (Å²) in [6.45, 7) is 1.40. The maximum atomic E-state index is 12.7. The number of carbonyl (C=O) groups is 2. The summed E-state index contributed by atoms with van der Waals surface area (Å²) in [6.07, 6.45) is 0. The van der Waals surface area contributed by atoms with Crippen molar-refractivity contribution in [2.75, 3.05) is 31.6 Å². The topological polar surface area (TPSA) is 136 Å². The number of hydrogen-bond acceptors (Lipinski definition) is 7. The van der Waals surface area contributed by atoms with Crippen molar-refractivity contribution in [1.29, 1.82) is 0 Å². The van der Waals surface area contributed by atoms with E-state index in [0.29, 0.717) is 44.8 Å². The first kappa shape index (κ1) is 23.2. The van der Waals surface area contributed by atoms with Gasteiger partial charge in [-0.15, -0.1) is 11.3 Å². The number of halogens is 1. The standard InChI is InChI=1S/C21H22BrN3O5S/c22-15-9-14-17(10-16(15)28)31-21(18(14)19(23)29)24-20(30)13-3-1-12(2-4-13)11-25(5-7-26)6-8-27/h1-4,9-10,26-28H,5-8,11H2,(H2,23,29)(H,24,30). The summed E-state index contributed by atoms with van der Waals surface area (Å²) >= 11 is 4.38. The van der Waals surface area contributed by atoms with Gasteiger partial charge in [-0.3, -0.25) is 14.5 Å². The number of phenols is 1. The largest absolute Gasteiger partial charge is 0.507 e.